The second-order valence-corrected chi connectivity index (χ2v) is 5.79. The number of benzene rings is 1. The van der Waals surface area contributed by atoms with E-state index in [-0.39, 0.29) is 11.1 Å². The van der Waals surface area contributed by atoms with Gasteiger partial charge in [0.25, 0.3) is 0 Å². The van der Waals surface area contributed by atoms with Crippen molar-refractivity contribution >= 4 is 10.8 Å². The molecule has 17 heavy (non-hydrogen) atoms. The van der Waals surface area contributed by atoms with Gasteiger partial charge >= 0.3 is 0 Å². The normalized spacial score (nSPS) is 27.1. The van der Waals surface area contributed by atoms with Crippen LogP contribution in [0.1, 0.15) is 19.4 Å². The summed E-state index contributed by atoms with van der Waals surface area (Å²) in [7, 11) is 0.693. The second kappa shape index (κ2) is 4.49. The fourth-order valence-corrected chi connectivity index (χ4v) is 2.53. The minimum absolute atomic E-state index is 0. The van der Waals surface area contributed by atoms with Crippen LogP contribution < -0.4 is 0 Å². The zero-order valence-corrected chi connectivity index (χ0v) is 11.3. The predicted octanol–water partition coefficient (Wildman–Crippen LogP) is 1.21. The lowest BCUT2D eigenvalue weighted by Crippen LogP contribution is -2.20. The Bertz CT molecular complexity index is 427. The van der Waals surface area contributed by atoms with Gasteiger partial charge in [-0.25, -0.2) is 0 Å². The lowest BCUT2D eigenvalue weighted by Gasteiger charge is -2.13. The van der Waals surface area contributed by atoms with Crippen molar-refractivity contribution in [1.82, 2.24) is 0 Å². The van der Waals surface area contributed by atoms with Crippen LogP contribution in [0.3, 0.4) is 0 Å². The highest BCUT2D eigenvalue weighted by Gasteiger charge is 2.66. The van der Waals surface area contributed by atoms with Crippen LogP contribution in [-0.2, 0) is 26.1 Å². The van der Waals surface area contributed by atoms with Crippen molar-refractivity contribution in [1.29, 1.82) is 0 Å². The van der Waals surface area contributed by atoms with Crippen molar-refractivity contribution in [3.8, 4) is 0 Å². The van der Waals surface area contributed by atoms with Gasteiger partial charge in [-0.2, -0.15) is 0 Å². The maximum atomic E-state index is 11.3. The van der Waals surface area contributed by atoms with Crippen molar-refractivity contribution in [2.75, 3.05) is 13.4 Å². The van der Waals surface area contributed by atoms with Gasteiger partial charge in [0.05, 0.1) is 0 Å². The molecule has 1 aromatic carbocycles. The number of hydrogen-bond donors (Lipinski definition) is 0. The monoisotopic (exact) mass is 258 g/mol. The molecule has 4 nitrogen and oxygen atoms in total. The summed E-state index contributed by atoms with van der Waals surface area (Å²) in [6.45, 7) is 3.98. The standard InChI is InChI=1S/C12H16O3S.H2O/c1-11(2)12(14-3,15-11)9-5-7-10(8-6-9)16(4)13;/h5-8H,1-4H3;1H2. The zero-order valence-electron chi connectivity index (χ0n) is 10.4. The van der Waals surface area contributed by atoms with E-state index in [0.29, 0.717) is 0 Å². The highest BCUT2D eigenvalue weighted by molar-refractivity contribution is 7.84. The fourth-order valence-electron chi connectivity index (χ4n) is 2.01. The quantitative estimate of drug-likeness (QED) is 0.765. The van der Waals surface area contributed by atoms with Gasteiger partial charge in [-0.1, -0.05) is 12.1 Å². The summed E-state index contributed by atoms with van der Waals surface area (Å²) < 4.78 is 22.3. The van der Waals surface area contributed by atoms with Crippen LogP contribution in [0.2, 0.25) is 0 Å². The van der Waals surface area contributed by atoms with Gasteiger partial charge < -0.3 is 14.9 Å². The average Bonchev–Trinajstić information content (AvgIpc) is 2.82. The van der Waals surface area contributed by atoms with E-state index in [4.69, 9.17) is 9.47 Å². The molecule has 0 aromatic heterocycles. The van der Waals surface area contributed by atoms with Gasteiger partial charge in [-0.15, -0.1) is 0 Å². The van der Waals surface area contributed by atoms with E-state index in [1.807, 2.05) is 38.1 Å². The average molecular weight is 258 g/mol. The summed E-state index contributed by atoms with van der Waals surface area (Å²) in [6.07, 6.45) is 1.67. The van der Waals surface area contributed by atoms with E-state index in [0.717, 1.165) is 10.5 Å². The van der Waals surface area contributed by atoms with Crippen LogP contribution in [-0.4, -0.2) is 28.7 Å². The summed E-state index contributed by atoms with van der Waals surface area (Å²) in [5.41, 5.74) is 0.670. The van der Waals surface area contributed by atoms with Crippen molar-refractivity contribution in [3.05, 3.63) is 29.8 Å². The molecule has 0 aliphatic carbocycles. The van der Waals surface area contributed by atoms with Gasteiger partial charge in [0.15, 0.2) is 0 Å². The first kappa shape index (κ1) is 14.3. The molecule has 0 radical (unpaired) electrons. The van der Waals surface area contributed by atoms with Crippen LogP contribution in [0.25, 0.3) is 0 Å². The molecule has 1 aliphatic rings. The van der Waals surface area contributed by atoms with Crippen molar-refractivity contribution in [2.45, 2.75) is 30.1 Å². The molecule has 0 saturated carbocycles. The smallest absolute Gasteiger partial charge is 0.225 e. The van der Waals surface area contributed by atoms with E-state index in [1.165, 1.54) is 0 Å². The Morgan fingerprint density at radius 3 is 2.00 bits per heavy atom. The minimum Gasteiger partial charge on any atom is -0.412 e. The summed E-state index contributed by atoms with van der Waals surface area (Å²) in [4.78, 5) is 0.813. The number of methoxy groups -OCH3 is 1. The first-order chi connectivity index (χ1) is 7.43. The Kier molecular flexibility index (Phi) is 3.78. The molecule has 0 amide bonds. The fraction of sp³-hybridized carbons (Fsp3) is 0.500. The first-order valence-corrected chi connectivity index (χ1v) is 6.68. The van der Waals surface area contributed by atoms with Gasteiger partial charge in [-0.05, 0) is 26.0 Å². The SMILES string of the molecule is COC1(c2ccc(S(C)=O)cc2)OC1(C)C.O. The highest BCUT2D eigenvalue weighted by atomic mass is 32.2. The van der Waals surface area contributed by atoms with Gasteiger partial charge in [0, 0.05) is 34.6 Å². The maximum absolute atomic E-state index is 11.3. The van der Waals surface area contributed by atoms with Crippen LogP contribution in [0.5, 0.6) is 0 Å². The molecule has 96 valence electrons. The maximum Gasteiger partial charge on any atom is 0.225 e. The molecule has 1 heterocycles. The largest absolute Gasteiger partial charge is 0.412 e. The molecule has 2 rings (SSSR count). The molecule has 2 unspecified atom stereocenters. The van der Waals surface area contributed by atoms with Gasteiger partial charge in [0.2, 0.25) is 5.79 Å². The third kappa shape index (κ3) is 2.15. The van der Waals surface area contributed by atoms with Gasteiger partial charge in [0.1, 0.15) is 5.60 Å². The Labute approximate surface area is 104 Å². The second-order valence-electron chi connectivity index (χ2n) is 4.41. The highest BCUT2D eigenvalue weighted by Crippen LogP contribution is 2.55. The third-order valence-electron chi connectivity index (χ3n) is 3.00. The zero-order chi connectivity index (χ0) is 12.0. The predicted molar refractivity (Wildman–Crippen MR) is 66.2 cm³/mol. The van der Waals surface area contributed by atoms with Crippen molar-refractivity contribution in [3.63, 3.8) is 0 Å². The van der Waals surface area contributed by atoms with E-state index in [2.05, 4.69) is 0 Å². The number of ether oxygens (including phenoxy) is 2. The molecule has 5 heteroatoms. The Hall–Kier alpha value is -0.750. The third-order valence-corrected chi connectivity index (χ3v) is 3.94. The number of rotatable bonds is 3. The van der Waals surface area contributed by atoms with E-state index in [1.54, 1.807) is 13.4 Å². The van der Waals surface area contributed by atoms with Crippen LogP contribution in [0.4, 0.5) is 0 Å². The van der Waals surface area contributed by atoms with E-state index >= 15 is 0 Å². The molecular weight excluding hydrogens is 240 g/mol. The van der Waals surface area contributed by atoms with Crippen LogP contribution in [0, 0.1) is 0 Å². The Balaban J connectivity index is 0.00000144. The Morgan fingerprint density at radius 1 is 1.24 bits per heavy atom. The van der Waals surface area contributed by atoms with Gasteiger partial charge in [-0.3, -0.25) is 4.21 Å². The summed E-state index contributed by atoms with van der Waals surface area (Å²) >= 11 is 0. The molecule has 1 aliphatic heterocycles. The van der Waals surface area contributed by atoms with Crippen LogP contribution in [0.15, 0.2) is 29.2 Å². The molecule has 2 N–H and O–H groups in total. The summed E-state index contributed by atoms with van der Waals surface area (Å²) in [5.74, 6) is -0.638. The molecule has 0 spiro atoms. The van der Waals surface area contributed by atoms with E-state index < -0.39 is 16.6 Å². The summed E-state index contributed by atoms with van der Waals surface area (Å²) in [5, 5.41) is 0. The van der Waals surface area contributed by atoms with Crippen molar-refractivity contribution < 1.29 is 19.2 Å². The van der Waals surface area contributed by atoms with E-state index in [9.17, 15) is 4.21 Å². The van der Waals surface area contributed by atoms with Crippen LogP contribution >= 0.6 is 0 Å². The lowest BCUT2D eigenvalue weighted by atomic mass is 9.99. The number of hydrogen-bond acceptors (Lipinski definition) is 3. The van der Waals surface area contributed by atoms with Crippen molar-refractivity contribution in [2.24, 2.45) is 0 Å². The minimum atomic E-state index is -0.946. The Morgan fingerprint density at radius 2 is 1.71 bits per heavy atom. The topological polar surface area (TPSA) is 70.3 Å². The molecule has 1 aromatic rings. The molecule has 1 saturated heterocycles. The first-order valence-electron chi connectivity index (χ1n) is 5.12. The lowest BCUT2D eigenvalue weighted by molar-refractivity contribution is -0.0148. The molecule has 1 fully saturated rings. The molecular formula is C12H18O4S. The summed E-state index contributed by atoms with van der Waals surface area (Å²) in [6, 6.07) is 7.53. The number of epoxide rings is 1. The molecule has 0 bridgehead atoms. The molecule has 2 atom stereocenters.